The smallest absolute Gasteiger partial charge is 0.308 e. The molecule has 1 fully saturated rings. The van der Waals surface area contributed by atoms with E-state index in [4.69, 9.17) is 15.2 Å². The average Bonchev–Trinajstić information content (AvgIpc) is 3.16. The monoisotopic (exact) mass is 569 g/mol. The second-order valence-electron chi connectivity index (χ2n) is 8.38. The Kier molecular flexibility index (Phi) is 6.62. The van der Waals surface area contributed by atoms with Gasteiger partial charge in [0.15, 0.2) is 23.6 Å². The van der Waals surface area contributed by atoms with Gasteiger partial charge in [0.25, 0.3) is 5.16 Å². The number of H-pyrrole nitrogens is 1. The zero-order valence-corrected chi connectivity index (χ0v) is 21.9. The second-order valence-corrected chi connectivity index (χ2v) is 12.2. The SMILES string of the molecule is CS(=O)(=O)N1CCCCC1CC[n+]1c(Sc2cc3c(cc2Br)OCCO3)[nH]c2c(N)ncnc21. The number of aromatic amines is 1. The summed E-state index contributed by atoms with van der Waals surface area (Å²) < 4.78 is 40.6. The maximum atomic E-state index is 12.3. The molecule has 1 aromatic carbocycles. The normalized spacial score (nSPS) is 18.9. The molecule has 0 spiro atoms. The minimum absolute atomic E-state index is 0.0423. The number of rotatable bonds is 6. The van der Waals surface area contributed by atoms with Crippen molar-refractivity contribution in [2.75, 3.05) is 31.7 Å². The van der Waals surface area contributed by atoms with Crippen molar-refractivity contribution in [2.45, 2.75) is 48.3 Å². The van der Waals surface area contributed by atoms with E-state index in [2.05, 4.69) is 35.4 Å². The van der Waals surface area contributed by atoms with Crippen molar-refractivity contribution in [3.63, 3.8) is 0 Å². The summed E-state index contributed by atoms with van der Waals surface area (Å²) >= 11 is 5.15. The van der Waals surface area contributed by atoms with Crippen molar-refractivity contribution in [3.05, 3.63) is 22.9 Å². The zero-order chi connectivity index (χ0) is 23.9. The van der Waals surface area contributed by atoms with Gasteiger partial charge in [-0.2, -0.15) is 9.29 Å². The number of benzene rings is 1. The molecular formula is C21H26BrN6O4S2+. The lowest BCUT2D eigenvalue weighted by molar-refractivity contribution is -0.711. The fraction of sp³-hybridized carbons (Fsp3) is 0.476. The molecule has 0 radical (unpaired) electrons. The van der Waals surface area contributed by atoms with Crippen LogP contribution in [0.15, 0.2) is 33.0 Å². The topological polar surface area (TPSA) is 127 Å². The van der Waals surface area contributed by atoms with Crippen LogP contribution in [0.5, 0.6) is 11.5 Å². The third-order valence-corrected chi connectivity index (χ3v) is 9.40. The van der Waals surface area contributed by atoms with Gasteiger partial charge >= 0.3 is 5.65 Å². The third kappa shape index (κ3) is 4.70. The molecule has 5 rings (SSSR count). The summed E-state index contributed by atoms with van der Waals surface area (Å²) in [6, 6.07) is 3.81. The van der Waals surface area contributed by atoms with Crippen LogP contribution in [-0.4, -0.2) is 59.7 Å². The zero-order valence-electron chi connectivity index (χ0n) is 18.7. The lowest BCUT2D eigenvalue weighted by Gasteiger charge is -2.33. The Morgan fingerprint density at radius 2 is 2.03 bits per heavy atom. The second kappa shape index (κ2) is 9.51. The van der Waals surface area contributed by atoms with E-state index < -0.39 is 10.0 Å². The molecule has 3 N–H and O–H groups in total. The maximum Gasteiger partial charge on any atom is 0.308 e. The molecule has 0 bridgehead atoms. The van der Waals surface area contributed by atoms with E-state index in [0.29, 0.717) is 61.2 Å². The number of hydrogen-bond acceptors (Lipinski definition) is 8. The highest BCUT2D eigenvalue weighted by molar-refractivity contribution is 9.10. The summed E-state index contributed by atoms with van der Waals surface area (Å²) in [5.41, 5.74) is 7.47. The predicted octanol–water partition coefficient (Wildman–Crippen LogP) is 2.72. The highest BCUT2D eigenvalue weighted by Gasteiger charge is 2.31. The van der Waals surface area contributed by atoms with E-state index in [1.54, 1.807) is 4.31 Å². The highest BCUT2D eigenvalue weighted by atomic mass is 79.9. The molecule has 0 amide bonds. The summed E-state index contributed by atoms with van der Waals surface area (Å²) in [6.45, 7) is 2.19. The number of nitrogens with zero attached hydrogens (tertiary/aromatic N) is 4. The van der Waals surface area contributed by atoms with Gasteiger partial charge in [-0.3, -0.25) is 4.98 Å². The highest BCUT2D eigenvalue weighted by Crippen LogP contribution is 2.41. The molecule has 34 heavy (non-hydrogen) atoms. The summed E-state index contributed by atoms with van der Waals surface area (Å²) in [4.78, 5) is 12.9. The Labute approximate surface area is 210 Å². The molecule has 3 aromatic rings. The van der Waals surface area contributed by atoms with Crippen LogP contribution < -0.4 is 19.8 Å². The predicted molar refractivity (Wildman–Crippen MR) is 132 cm³/mol. The number of anilines is 1. The van der Waals surface area contributed by atoms with E-state index in [-0.39, 0.29) is 6.04 Å². The van der Waals surface area contributed by atoms with Crippen molar-refractivity contribution in [1.82, 2.24) is 19.3 Å². The van der Waals surface area contributed by atoms with Gasteiger partial charge in [-0.1, -0.05) is 11.4 Å². The van der Waals surface area contributed by atoms with Gasteiger partial charge in [0.05, 0.1) is 12.8 Å². The molecule has 10 nitrogen and oxygen atoms in total. The van der Waals surface area contributed by atoms with Gasteiger partial charge in [0.1, 0.15) is 13.2 Å². The number of nitrogens with two attached hydrogens (primary N) is 1. The minimum atomic E-state index is -3.25. The Morgan fingerprint density at radius 3 is 2.79 bits per heavy atom. The minimum Gasteiger partial charge on any atom is -0.486 e. The van der Waals surface area contributed by atoms with Gasteiger partial charge in [-0.05, 0) is 59.1 Å². The molecular weight excluding hydrogens is 544 g/mol. The largest absolute Gasteiger partial charge is 0.486 e. The van der Waals surface area contributed by atoms with Crippen molar-refractivity contribution in [1.29, 1.82) is 0 Å². The van der Waals surface area contributed by atoms with Gasteiger partial charge in [0.2, 0.25) is 15.5 Å². The van der Waals surface area contributed by atoms with E-state index in [0.717, 1.165) is 33.8 Å². The van der Waals surface area contributed by atoms with Gasteiger partial charge in [-0.25, -0.2) is 13.0 Å². The first-order valence-electron chi connectivity index (χ1n) is 11.1. The Balaban J connectivity index is 1.48. The van der Waals surface area contributed by atoms with Crippen LogP contribution in [0.4, 0.5) is 5.82 Å². The fourth-order valence-corrected chi connectivity index (χ4v) is 7.23. The van der Waals surface area contributed by atoms with Crippen LogP contribution in [0, 0.1) is 0 Å². The summed E-state index contributed by atoms with van der Waals surface area (Å²) in [7, 11) is -3.25. The standard InChI is InChI=1S/C21H25BrN6O4S2/c1-34(29,30)28-6-3-2-4-13(28)5-7-27-20-18(19(23)24-12-25-20)26-21(27)33-17-11-16-15(10-14(17)22)31-8-9-32-16/h10-13H,2-9H2,1H3,(H2,23,24,25)/p+1. The van der Waals surface area contributed by atoms with Crippen LogP contribution >= 0.6 is 27.7 Å². The number of nitrogens with one attached hydrogen (secondary N) is 1. The first kappa shape index (κ1) is 23.6. The van der Waals surface area contributed by atoms with Crippen LogP contribution in [0.2, 0.25) is 0 Å². The first-order chi connectivity index (χ1) is 16.3. The molecule has 0 aliphatic carbocycles. The van der Waals surface area contributed by atoms with Crippen molar-refractivity contribution in [3.8, 4) is 11.5 Å². The van der Waals surface area contributed by atoms with Gasteiger partial charge in [0, 0.05) is 22.0 Å². The number of halogens is 1. The molecule has 1 atom stereocenters. The van der Waals surface area contributed by atoms with Crippen LogP contribution in [-0.2, 0) is 16.6 Å². The number of ether oxygens (including phenoxy) is 2. The van der Waals surface area contributed by atoms with Crippen LogP contribution in [0.1, 0.15) is 25.7 Å². The molecule has 2 aliphatic rings. The van der Waals surface area contributed by atoms with Crippen molar-refractivity contribution < 1.29 is 22.5 Å². The Bertz CT molecular complexity index is 1330. The molecule has 0 saturated carbocycles. The Morgan fingerprint density at radius 1 is 1.26 bits per heavy atom. The third-order valence-electron chi connectivity index (χ3n) is 6.08. The number of aromatic nitrogens is 4. The quantitative estimate of drug-likeness (QED) is 0.434. The molecule has 2 aromatic heterocycles. The molecule has 4 heterocycles. The Hall–Kier alpha value is -2.09. The van der Waals surface area contributed by atoms with Gasteiger partial charge < -0.3 is 15.2 Å². The molecule has 13 heteroatoms. The van der Waals surface area contributed by atoms with E-state index in [1.807, 2.05) is 12.1 Å². The number of aryl methyl sites for hydroxylation is 1. The summed E-state index contributed by atoms with van der Waals surface area (Å²) in [6.07, 6.45) is 6.18. The van der Waals surface area contributed by atoms with E-state index in [9.17, 15) is 8.42 Å². The number of piperidine rings is 1. The molecule has 2 aliphatic heterocycles. The lowest BCUT2D eigenvalue weighted by Crippen LogP contribution is -2.46. The number of imidazole rings is 1. The van der Waals surface area contributed by atoms with E-state index >= 15 is 0 Å². The molecule has 1 saturated heterocycles. The maximum absolute atomic E-state index is 12.3. The van der Waals surface area contributed by atoms with Crippen molar-refractivity contribution in [2.24, 2.45) is 0 Å². The molecule has 182 valence electrons. The average molecular weight is 571 g/mol. The fourth-order valence-electron chi connectivity index (χ4n) is 4.48. The first-order valence-corrected chi connectivity index (χ1v) is 14.5. The van der Waals surface area contributed by atoms with Crippen LogP contribution in [0.25, 0.3) is 11.2 Å². The summed E-state index contributed by atoms with van der Waals surface area (Å²) in [5, 5.41) is 0.821. The molecule has 1 unspecified atom stereocenters. The number of sulfonamides is 1. The number of fused-ring (bicyclic) bond motifs is 2. The van der Waals surface area contributed by atoms with E-state index in [1.165, 1.54) is 24.3 Å². The number of hydrogen-bond donors (Lipinski definition) is 2. The van der Waals surface area contributed by atoms with Crippen LogP contribution in [0.3, 0.4) is 0 Å². The number of nitrogen functional groups attached to an aromatic ring is 1. The lowest BCUT2D eigenvalue weighted by atomic mass is 10.0. The van der Waals surface area contributed by atoms with Gasteiger partial charge in [-0.15, -0.1) is 0 Å². The summed E-state index contributed by atoms with van der Waals surface area (Å²) in [5.74, 6) is 1.77. The van der Waals surface area contributed by atoms with Crippen molar-refractivity contribution >= 4 is 54.7 Å².